The molecule has 0 unspecified atom stereocenters. The zero-order valence-electron chi connectivity index (χ0n) is 17.4. The van der Waals surface area contributed by atoms with Crippen LogP contribution >= 0.6 is 12.2 Å². The van der Waals surface area contributed by atoms with Crippen LogP contribution in [0.25, 0.3) is 0 Å². The summed E-state index contributed by atoms with van der Waals surface area (Å²) in [5.74, 6) is -2.75. The van der Waals surface area contributed by atoms with Crippen LogP contribution in [-0.2, 0) is 14.4 Å². The minimum absolute atomic E-state index is 0.00475. The summed E-state index contributed by atoms with van der Waals surface area (Å²) >= 11 is 5.15. The van der Waals surface area contributed by atoms with E-state index in [2.05, 4.69) is 21.2 Å². The SMILES string of the molecule is Cc1ccc(N2C(=O)[C@H](/C=N/NC(=O)CNc3ccc(C)c(C)c3)C(=O)NC2=S)cc1. The first-order valence-electron chi connectivity index (χ1n) is 9.65. The number of carbonyl (C=O) groups excluding carboxylic acids is 3. The Morgan fingerprint density at radius 1 is 1.13 bits per heavy atom. The van der Waals surface area contributed by atoms with Crippen molar-refractivity contribution in [3.63, 3.8) is 0 Å². The van der Waals surface area contributed by atoms with Crippen molar-refractivity contribution in [3.05, 3.63) is 59.2 Å². The Balaban J connectivity index is 1.60. The van der Waals surface area contributed by atoms with Crippen LogP contribution < -0.4 is 21.0 Å². The Kier molecular flexibility index (Phi) is 6.76. The second-order valence-electron chi connectivity index (χ2n) is 7.25. The maximum atomic E-state index is 12.8. The molecule has 0 bridgehead atoms. The van der Waals surface area contributed by atoms with Crippen molar-refractivity contribution in [3.8, 4) is 0 Å². The zero-order chi connectivity index (χ0) is 22.5. The van der Waals surface area contributed by atoms with Gasteiger partial charge in [-0.05, 0) is 68.4 Å². The number of hydrogen-bond acceptors (Lipinski definition) is 6. The molecule has 3 N–H and O–H groups in total. The smallest absolute Gasteiger partial charge is 0.259 e. The Bertz CT molecular complexity index is 1070. The van der Waals surface area contributed by atoms with Gasteiger partial charge in [0.1, 0.15) is 0 Å². The van der Waals surface area contributed by atoms with Crippen molar-refractivity contribution < 1.29 is 14.4 Å². The van der Waals surface area contributed by atoms with E-state index in [0.29, 0.717) is 5.69 Å². The van der Waals surface area contributed by atoms with Crippen molar-refractivity contribution in [1.82, 2.24) is 10.7 Å². The molecule has 0 saturated carbocycles. The van der Waals surface area contributed by atoms with E-state index in [0.717, 1.165) is 28.6 Å². The van der Waals surface area contributed by atoms with E-state index >= 15 is 0 Å². The summed E-state index contributed by atoms with van der Waals surface area (Å²) in [6.45, 7) is 5.91. The van der Waals surface area contributed by atoms with Crippen LogP contribution in [0, 0.1) is 26.7 Å². The monoisotopic (exact) mass is 437 g/mol. The third-order valence-electron chi connectivity index (χ3n) is 4.87. The average molecular weight is 438 g/mol. The first-order valence-corrected chi connectivity index (χ1v) is 10.1. The molecule has 9 heteroatoms. The maximum absolute atomic E-state index is 12.8. The van der Waals surface area contributed by atoms with Gasteiger partial charge in [-0.1, -0.05) is 23.8 Å². The van der Waals surface area contributed by atoms with E-state index in [1.807, 2.05) is 51.1 Å². The average Bonchev–Trinajstić information content (AvgIpc) is 2.72. The first-order chi connectivity index (χ1) is 14.8. The molecule has 1 saturated heterocycles. The summed E-state index contributed by atoms with van der Waals surface area (Å²) in [6.07, 6.45) is 1.11. The number of aryl methyl sites for hydroxylation is 3. The van der Waals surface area contributed by atoms with E-state index < -0.39 is 23.6 Å². The lowest BCUT2D eigenvalue weighted by molar-refractivity contribution is -0.130. The van der Waals surface area contributed by atoms with E-state index in [1.54, 1.807) is 12.1 Å². The highest BCUT2D eigenvalue weighted by atomic mass is 32.1. The number of carbonyl (C=O) groups is 3. The van der Waals surface area contributed by atoms with E-state index in [4.69, 9.17) is 12.2 Å². The quantitative estimate of drug-likeness (QED) is 0.278. The van der Waals surface area contributed by atoms with E-state index in [1.165, 1.54) is 4.90 Å². The van der Waals surface area contributed by atoms with E-state index in [-0.39, 0.29) is 11.7 Å². The Morgan fingerprint density at radius 3 is 2.52 bits per heavy atom. The number of anilines is 2. The fourth-order valence-electron chi connectivity index (χ4n) is 2.92. The second-order valence-corrected chi connectivity index (χ2v) is 7.63. The van der Waals surface area contributed by atoms with Crippen molar-refractivity contribution in [2.75, 3.05) is 16.8 Å². The molecule has 1 aliphatic heterocycles. The third-order valence-corrected chi connectivity index (χ3v) is 5.15. The molecule has 0 aliphatic carbocycles. The number of nitrogens with zero attached hydrogens (tertiary/aromatic N) is 2. The largest absolute Gasteiger partial charge is 0.376 e. The lowest BCUT2D eigenvalue weighted by Crippen LogP contribution is -2.58. The molecule has 1 aliphatic rings. The molecule has 3 amide bonds. The molecule has 8 nitrogen and oxygen atoms in total. The third kappa shape index (κ3) is 5.32. The highest BCUT2D eigenvalue weighted by Crippen LogP contribution is 2.20. The summed E-state index contributed by atoms with van der Waals surface area (Å²) < 4.78 is 0. The molecular formula is C22H23N5O3S. The first kappa shape index (κ1) is 22.1. The highest BCUT2D eigenvalue weighted by molar-refractivity contribution is 7.80. The maximum Gasteiger partial charge on any atom is 0.259 e. The van der Waals surface area contributed by atoms with Gasteiger partial charge in [-0.25, -0.2) is 5.43 Å². The van der Waals surface area contributed by atoms with Gasteiger partial charge in [-0.3, -0.25) is 19.3 Å². The van der Waals surface area contributed by atoms with Crippen molar-refractivity contribution in [2.45, 2.75) is 20.8 Å². The minimum Gasteiger partial charge on any atom is -0.376 e. The summed E-state index contributed by atoms with van der Waals surface area (Å²) in [5, 5.41) is 9.29. The Hall–Kier alpha value is -3.59. The van der Waals surface area contributed by atoms with Gasteiger partial charge >= 0.3 is 0 Å². The van der Waals surface area contributed by atoms with Gasteiger partial charge in [0.25, 0.3) is 11.8 Å². The van der Waals surface area contributed by atoms with Crippen molar-refractivity contribution >= 4 is 52.6 Å². The summed E-state index contributed by atoms with van der Waals surface area (Å²) in [6, 6.07) is 13.0. The molecule has 160 valence electrons. The number of hydrazone groups is 1. The molecule has 0 aromatic heterocycles. The molecule has 1 heterocycles. The summed E-state index contributed by atoms with van der Waals surface area (Å²) in [5.41, 5.74) is 6.98. The van der Waals surface area contributed by atoms with Crippen LogP contribution in [0.4, 0.5) is 11.4 Å². The zero-order valence-corrected chi connectivity index (χ0v) is 18.2. The van der Waals surface area contributed by atoms with Crippen molar-refractivity contribution in [1.29, 1.82) is 0 Å². The fraction of sp³-hybridized carbons (Fsp3) is 0.227. The van der Waals surface area contributed by atoms with Gasteiger partial charge in [0.15, 0.2) is 11.0 Å². The van der Waals surface area contributed by atoms with E-state index in [9.17, 15) is 14.4 Å². The van der Waals surface area contributed by atoms with Crippen LogP contribution in [0.15, 0.2) is 47.6 Å². The topological polar surface area (TPSA) is 103 Å². The summed E-state index contributed by atoms with van der Waals surface area (Å²) in [7, 11) is 0. The Morgan fingerprint density at radius 2 is 1.84 bits per heavy atom. The van der Waals surface area contributed by atoms with Gasteiger partial charge in [0, 0.05) is 11.9 Å². The van der Waals surface area contributed by atoms with Crippen LogP contribution in [0.3, 0.4) is 0 Å². The molecule has 0 spiro atoms. The van der Waals surface area contributed by atoms with Gasteiger partial charge in [-0.15, -0.1) is 0 Å². The molecule has 2 aromatic rings. The van der Waals surface area contributed by atoms with Gasteiger partial charge in [-0.2, -0.15) is 5.10 Å². The van der Waals surface area contributed by atoms with Crippen LogP contribution in [0.1, 0.15) is 16.7 Å². The predicted molar refractivity (Wildman–Crippen MR) is 124 cm³/mol. The lowest BCUT2D eigenvalue weighted by Gasteiger charge is -2.30. The van der Waals surface area contributed by atoms with Gasteiger partial charge in [0.05, 0.1) is 12.2 Å². The molecular weight excluding hydrogens is 414 g/mol. The van der Waals surface area contributed by atoms with Gasteiger partial charge in [0.2, 0.25) is 5.91 Å². The highest BCUT2D eigenvalue weighted by Gasteiger charge is 2.38. The fourth-order valence-corrected chi connectivity index (χ4v) is 3.21. The molecule has 1 atom stereocenters. The molecule has 3 rings (SSSR count). The van der Waals surface area contributed by atoms with Crippen molar-refractivity contribution in [2.24, 2.45) is 11.0 Å². The predicted octanol–water partition coefficient (Wildman–Crippen LogP) is 2.19. The number of amides is 3. The number of nitrogens with one attached hydrogen (secondary N) is 3. The molecule has 1 fully saturated rings. The standard InChI is InChI=1S/C22H23N5O3S/c1-13-4-8-17(9-5-13)27-21(30)18(20(29)25-22(27)31)11-24-26-19(28)12-23-16-7-6-14(2)15(3)10-16/h4-11,18,23H,12H2,1-3H3,(H,26,28)(H,25,29,31)/b24-11+/t18-/m1/s1. The molecule has 2 aromatic carbocycles. The number of hydrogen-bond donors (Lipinski definition) is 3. The summed E-state index contributed by atoms with van der Waals surface area (Å²) in [4.78, 5) is 38.4. The minimum atomic E-state index is -1.21. The Labute approximate surface area is 185 Å². The number of benzene rings is 2. The van der Waals surface area contributed by atoms with Gasteiger partial charge < -0.3 is 10.6 Å². The lowest BCUT2D eigenvalue weighted by atomic mass is 10.1. The molecule has 31 heavy (non-hydrogen) atoms. The van der Waals surface area contributed by atoms with Crippen LogP contribution in [-0.4, -0.2) is 35.6 Å². The molecule has 0 radical (unpaired) electrons. The van der Waals surface area contributed by atoms with Crippen LogP contribution in [0.5, 0.6) is 0 Å². The van der Waals surface area contributed by atoms with Crippen LogP contribution in [0.2, 0.25) is 0 Å². The second kappa shape index (κ2) is 9.48. The number of rotatable bonds is 6. The number of thiocarbonyl (C=S) groups is 1. The normalized spacial score (nSPS) is 16.4.